The lowest BCUT2D eigenvalue weighted by Crippen LogP contribution is -2.38. The van der Waals surface area contributed by atoms with Gasteiger partial charge in [-0.05, 0) is 54.8 Å². The second-order valence-electron chi connectivity index (χ2n) is 7.00. The van der Waals surface area contributed by atoms with E-state index in [-0.39, 0.29) is 29.6 Å². The molecule has 0 aliphatic carbocycles. The van der Waals surface area contributed by atoms with Gasteiger partial charge in [0.05, 0.1) is 11.2 Å². The average molecular weight is 434 g/mol. The third kappa shape index (κ3) is 3.38. The van der Waals surface area contributed by atoms with Gasteiger partial charge in [0.1, 0.15) is 17.1 Å². The van der Waals surface area contributed by atoms with Crippen LogP contribution in [0.5, 0.6) is 0 Å². The molecule has 0 N–H and O–H groups in total. The Kier molecular flexibility index (Phi) is 4.59. The SMILES string of the molecule is Cc1ccc(-n2c(=O)c3sccc3n(Cc3nc(-c4ccc(F)cc4)no3)c2=O)cc1. The molecular weight excluding hydrogens is 419 g/mol. The van der Waals surface area contributed by atoms with Crippen LogP contribution >= 0.6 is 11.3 Å². The zero-order valence-corrected chi connectivity index (χ0v) is 17.1. The fourth-order valence-corrected chi connectivity index (χ4v) is 4.16. The lowest BCUT2D eigenvalue weighted by atomic mass is 10.2. The normalized spacial score (nSPS) is 11.3. The number of hydrogen-bond donors (Lipinski definition) is 0. The molecule has 0 saturated carbocycles. The minimum Gasteiger partial charge on any atom is -0.337 e. The second-order valence-corrected chi connectivity index (χ2v) is 7.91. The predicted octanol–water partition coefficient (Wildman–Crippen LogP) is 3.76. The molecule has 9 heteroatoms. The smallest absolute Gasteiger partial charge is 0.336 e. The maximum Gasteiger partial charge on any atom is 0.336 e. The summed E-state index contributed by atoms with van der Waals surface area (Å²) in [5.74, 6) is 0.122. The maximum atomic E-state index is 13.3. The molecule has 0 atom stereocenters. The van der Waals surface area contributed by atoms with Gasteiger partial charge >= 0.3 is 5.69 Å². The zero-order valence-electron chi connectivity index (χ0n) is 16.3. The number of aromatic nitrogens is 4. The molecule has 0 fully saturated rings. The van der Waals surface area contributed by atoms with Crippen molar-refractivity contribution in [2.24, 2.45) is 0 Å². The van der Waals surface area contributed by atoms with Crippen LogP contribution in [0.25, 0.3) is 27.3 Å². The van der Waals surface area contributed by atoms with Crippen molar-refractivity contribution < 1.29 is 8.91 Å². The van der Waals surface area contributed by atoms with Crippen molar-refractivity contribution in [1.82, 2.24) is 19.3 Å². The summed E-state index contributed by atoms with van der Waals surface area (Å²) in [7, 11) is 0. The quantitative estimate of drug-likeness (QED) is 0.430. The minimum atomic E-state index is -0.499. The fourth-order valence-electron chi connectivity index (χ4n) is 3.33. The molecule has 0 bridgehead atoms. The van der Waals surface area contributed by atoms with Gasteiger partial charge in [-0.15, -0.1) is 11.3 Å². The monoisotopic (exact) mass is 434 g/mol. The number of thiophene rings is 1. The molecule has 0 spiro atoms. The molecule has 0 aliphatic rings. The van der Waals surface area contributed by atoms with Gasteiger partial charge in [-0.2, -0.15) is 4.98 Å². The maximum absolute atomic E-state index is 13.3. The van der Waals surface area contributed by atoms with E-state index in [0.29, 0.717) is 21.5 Å². The summed E-state index contributed by atoms with van der Waals surface area (Å²) in [6.07, 6.45) is 0. The summed E-state index contributed by atoms with van der Waals surface area (Å²) in [6, 6.07) is 14.6. The van der Waals surface area contributed by atoms with Gasteiger partial charge in [0.25, 0.3) is 5.56 Å². The molecule has 0 aliphatic heterocycles. The van der Waals surface area contributed by atoms with Gasteiger partial charge < -0.3 is 4.52 Å². The summed E-state index contributed by atoms with van der Waals surface area (Å²) in [5, 5.41) is 5.69. The van der Waals surface area contributed by atoms with Crippen molar-refractivity contribution in [1.29, 1.82) is 0 Å². The van der Waals surface area contributed by atoms with Crippen LogP contribution in [0.3, 0.4) is 0 Å². The van der Waals surface area contributed by atoms with E-state index in [1.54, 1.807) is 35.7 Å². The minimum absolute atomic E-state index is 0.00754. The van der Waals surface area contributed by atoms with E-state index in [1.807, 2.05) is 19.1 Å². The zero-order chi connectivity index (χ0) is 21.5. The highest BCUT2D eigenvalue weighted by atomic mass is 32.1. The Labute approximate surface area is 178 Å². The third-order valence-corrected chi connectivity index (χ3v) is 5.80. The van der Waals surface area contributed by atoms with Gasteiger partial charge in [0.15, 0.2) is 0 Å². The molecule has 0 unspecified atom stereocenters. The van der Waals surface area contributed by atoms with E-state index in [4.69, 9.17) is 4.52 Å². The standard InChI is InChI=1S/C22H15FN4O3S/c1-13-2-8-16(9-3-13)27-21(28)19-17(10-11-31-19)26(22(27)29)12-18-24-20(25-30-18)14-4-6-15(23)7-5-14/h2-11H,12H2,1H3. The van der Waals surface area contributed by atoms with E-state index in [0.717, 1.165) is 10.1 Å². The van der Waals surface area contributed by atoms with Crippen molar-refractivity contribution >= 4 is 21.6 Å². The van der Waals surface area contributed by atoms with Crippen LogP contribution in [0.4, 0.5) is 4.39 Å². The molecule has 2 aromatic carbocycles. The van der Waals surface area contributed by atoms with Gasteiger partial charge in [-0.3, -0.25) is 9.36 Å². The van der Waals surface area contributed by atoms with Gasteiger partial charge in [-0.1, -0.05) is 22.9 Å². The first-order valence-corrected chi connectivity index (χ1v) is 10.3. The fraction of sp³-hybridized carbons (Fsp3) is 0.0909. The number of fused-ring (bicyclic) bond motifs is 1. The van der Waals surface area contributed by atoms with Crippen LogP contribution in [0.2, 0.25) is 0 Å². The lowest BCUT2D eigenvalue weighted by molar-refractivity contribution is 0.370. The Morgan fingerprint density at radius 1 is 1.03 bits per heavy atom. The summed E-state index contributed by atoms with van der Waals surface area (Å²) in [4.78, 5) is 30.6. The van der Waals surface area contributed by atoms with Crippen LogP contribution in [0.15, 0.2) is 74.1 Å². The number of benzene rings is 2. The molecular formula is C22H15FN4O3S. The number of hydrogen-bond acceptors (Lipinski definition) is 6. The Hall–Kier alpha value is -3.85. The first-order valence-electron chi connectivity index (χ1n) is 9.40. The van der Waals surface area contributed by atoms with Crippen molar-refractivity contribution in [2.75, 3.05) is 0 Å². The first-order chi connectivity index (χ1) is 15.0. The van der Waals surface area contributed by atoms with Crippen molar-refractivity contribution in [3.63, 3.8) is 0 Å². The average Bonchev–Trinajstić information content (AvgIpc) is 3.43. The highest BCUT2D eigenvalue weighted by Crippen LogP contribution is 2.19. The topological polar surface area (TPSA) is 82.9 Å². The lowest BCUT2D eigenvalue weighted by Gasteiger charge is -2.11. The van der Waals surface area contributed by atoms with Gasteiger partial charge in [-0.25, -0.2) is 13.8 Å². The van der Waals surface area contributed by atoms with Crippen LogP contribution in [0, 0.1) is 12.7 Å². The van der Waals surface area contributed by atoms with E-state index >= 15 is 0 Å². The molecule has 3 heterocycles. The third-order valence-electron chi connectivity index (χ3n) is 4.91. The van der Waals surface area contributed by atoms with Crippen molar-refractivity contribution in [3.05, 3.63) is 98.1 Å². The van der Waals surface area contributed by atoms with E-state index in [1.165, 1.54) is 28.0 Å². The summed E-state index contributed by atoms with van der Waals surface area (Å²) in [5.41, 5.74) is 1.74. The molecule has 0 saturated heterocycles. The van der Waals surface area contributed by atoms with Crippen LogP contribution in [-0.4, -0.2) is 19.3 Å². The number of nitrogens with zero attached hydrogens (tertiary/aromatic N) is 4. The molecule has 0 amide bonds. The number of rotatable bonds is 4. The van der Waals surface area contributed by atoms with E-state index in [2.05, 4.69) is 10.1 Å². The molecule has 3 aromatic heterocycles. The van der Waals surface area contributed by atoms with Crippen molar-refractivity contribution in [2.45, 2.75) is 13.5 Å². The Morgan fingerprint density at radius 3 is 2.52 bits per heavy atom. The van der Waals surface area contributed by atoms with E-state index in [9.17, 15) is 14.0 Å². The number of aryl methyl sites for hydroxylation is 1. The Balaban J connectivity index is 1.61. The molecule has 7 nitrogen and oxygen atoms in total. The van der Waals surface area contributed by atoms with Crippen LogP contribution in [-0.2, 0) is 6.54 Å². The highest BCUT2D eigenvalue weighted by molar-refractivity contribution is 7.17. The first kappa shape index (κ1) is 19.1. The predicted molar refractivity (Wildman–Crippen MR) is 115 cm³/mol. The molecule has 5 rings (SSSR count). The van der Waals surface area contributed by atoms with Gasteiger partial charge in [0, 0.05) is 5.56 Å². The van der Waals surface area contributed by atoms with Crippen LogP contribution in [0.1, 0.15) is 11.5 Å². The second kappa shape index (κ2) is 7.44. The molecule has 0 radical (unpaired) electrons. The molecule has 31 heavy (non-hydrogen) atoms. The molecule has 154 valence electrons. The van der Waals surface area contributed by atoms with Gasteiger partial charge in [0.2, 0.25) is 11.7 Å². The Morgan fingerprint density at radius 2 is 1.77 bits per heavy atom. The molecule has 5 aromatic rings. The highest BCUT2D eigenvalue weighted by Gasteiger charge is 2.18. The number of halogens is 1. The largest absolute Gasteiger partial charge is 0.337 e. The van der Waals surface area contributed by atoms with Crippen LogP contribution < -0.4 is 11.2 Å². The summed E-state index contributed by atoms with van der Waals surface area (Å²) < 4.78 is 21.5. The van der Waals surface area contributed by atoms with Crippen molar-refractivity contribution in [3.8, 4) is 17.1 Å². The summed E-state index contributed by atoms with van der Waals surface area (Å²) in [6.45, 7) is 1.92. The van der Waals surface area contributed by atoms with E-state index < -0.39 is 5.69 Å². The summed E-state index contributed by atoms with van der Waals surface area (Å²) >= 11 is 1.27. The Bertz CT molecular complexity index is 1510.